The van der Waals surface area contributed by atoms with E-state index in [1.54, 1.807) is 0 Å². The van der Waals surface area contributed by atoms with Crippen LogP contribution in [0.3, 0.4) is 0 Å². The van der Waals surface area contributed by atoms with E-state index in [4.69, 9.17) is 4.42 Å². The third-order valence-electron chi connectivity index (χ3n) is 2.49. The molecule has 0 bridgehead atoms. The van der Waals surface area contributed by atoms with E-state index in [-0.39, 0.29) is 0 Å². The molecular formula is C11H17N5OS. The monoisotopic (exact) mass is 267 g/mol. The lowest BCUT2D eigenvalue weighted by Gasteiger charge is -1.98. The number of rotatable bonds is 7. The Morgan fingerprint density at radius 2 is 2.06 bits per heavy atom. The fraction of sp³-hybridized carbons (Fsp3) is 0.636. The zero-order valence-electron chi connectivity index (χ0n) is 10.6. The molecule has 18 heavy (non-hydrogen) atoms. The zero-order valence-corrected chi connectivity index (χ0v) is 11.5. The van der Waals surface area contributed by atoms with Crippen molar-refractivity contribution in [1.29, 1.82) is 0 Å². The molecule has 0 atom stereocenters. The Morgan fingerprint density at radius 3 is 2.83 bits per heavy atom. The molecule has 2 heterocycles. The minimum absolute atomic E-state index is 0.535. The van der Waals surface area contributed by atoms with Crippen molar-refractivity contribution in [3.8, 4) is 10.8 Å². The second-order valence-electron chi connectivity index (χ2n) is 3.90. The predicted octanol–water partition coefficient (Wildman–Crippen LogP) is 1.69. The van der Waals surface area contributed by atoms with Crippen LogP contribution in [-0.4, -0.2) is 32.9 Å². The van der Waals surface area contributed by atoms with Gasteiger partial charge in [-0.1, -0.05) is 18.3 Å². The molecule has 0 saturated heterocycles. The summed E-state index contributed by atoms with van der Waals surface area (Å²) >= 11 is 1.30. The molecule has 2 rings (SSSR count). The maximum atomic E-state index is 5.62. The van der Waals surface area contributed by atoms with Crippen LogP contribution < -0.4 is 5.32 Å². The molecule has 1 N–H and O–H groups in total. The van der Waals surface area contributed by atoms with Crippen LogP contribution in [-0.2, 0) is 12.8 Å². The van der Waals surface area contributed by atoms with Crippen molar-refractivity contribution in [2.24, 2.45) is 0 Å². The summed E-state index contributed by atoms with van der Waals surface area (Å²) in [5.41, 5.74) is 0.916. The lowest BCUT2D eigenvalue weighted by molar-refractivity contribution is 0.495. The largest absolute Gasteiger partial charge is 0.420 e. The van der Waals surface area contributed by atoms with Crippen LogP contribution in [0.2, 0.25) is 0 Å². The summed E-state index contributed by atoms with van der Waals surface area (Å²) in [7, 11) is 0. The van der Waals surface area contributed by atoms with Gasteiger partial charge in [-0.05, 0) is 30.9 Å². The summed E-state index contributed by atoms with van der Waals surface area (Å²) in [5, 5.41) is 15.4. The van der Waals surface area contributed by atoms with E-state index in [1.807, 2.05) is 6.92 Å². The molecule has 2 aromatic heterocycles. The number of aryl methyl sites for hydroxylation is 1. The average molecular weight is 267 g/mol. The van der Waals surface area contributed by atoms with Crippen molar-refractivity contribution < 1.29 is 4.42 Å². The Morgan fingerprint density at radius 1 is 1.17 bits per heavy atom. The van der Waals surface area contributed by atoms with Crippen LogP contribution in [0, 0.1) is 0 Å². The van der Waals surface area contributed by atoms with Crippen LogP contribution in [0.1, 0.15) is 31.9 Å². The lowest BCUT2D eigenvalue weighted by atomic mass is 10.3. The Balaban J connectivity index is 1.97. The summed E-state index contributed by atoms with van der Waals surface area (Å²) < 4.78 is 9.54. The molecule has 0 aromatic carbocycles. The second-order valence-corrected chi connectivity index (χ2v) is 4.66. The first-order valence-electron chi connectivity index (χ1n) is 6.19. The van der Waals surface area contributed by atoms with Crippen molar-refractivity contribution in [3.05, 3.63) is 11.6 Å². The van der Waals surface area contributed by atoms with Gasteiger partial charge in [0.05, 0.1) is 5.69 Å². The molecule has 7 heteroatoms. The molecule has 0 aliphatic rings. The molecule has 0 saturated carbocycles. The Labute approximate surface area is 110 Å². The SMILES string of the molecule is CCCNCCc1nnc(-c2snnc2CC)o1. The first-order valence-corrected chi connectivity index (χ1v) is 6.97. The van der Waals surface area contributed by atoms with Gasteiger partial charge in [0.2, 0.25) is 5.89 Å². The van der Waals surface area contributed by atoms with Gasteiger partial charge in [0, 0.05) is 13.0 Å². The van der Waals surface area contributed by atoms with Gasteiger partial charge in [-0.3, -0.25) is 0 Å². The number of hydrogen-bond acceptors (Lipinski definition) is 7. The fourth-order valence-corrected chi connectivity index (χ4v) is 2.22. The number of aromatic nitrogens is 4. The van der Waals surface area contributed by atoms with E-state index < -0.39 is 0 Å². The molecule has 98 valence electrons. The van der Waals surface area contributed by atoms with Gasteiger partial charge in [-0.2, -0.15) is 0 Å². The van der Waals surface area contributed by atoms with Gasteiger partial charge in [0.1, 0.15) is 4.88 Å². The average Bonchev–Trinajstić information content (AvgIpc) is 3.02. The van der Waals surface area contributed by atoms with Crippen molar-refractivity contribution >= 4 is 11.5 Å². The highest BCUT2D eigenvalue weighted by molar-refractivity contribution is 7.09. The van der Waals surface area contributed by atoms with Crippen LogP contribution in [0.25, 0.3) is 10.8 Å². The van der Waals surface area contributed by atoms with Crippen molar-refractivity contribution in [3.63, 3.8) is 0 Å². The molecule has 0 spiro atoms. The van der Waals surface area contributed by atoms with Gasteiger partial charge >= 0.3 is 0 Å². The van der Waals surface area contributed by atoms with Gasteiger partial charge in [0.15, 0.2) is 0 Å². The van der Waals surface area contributed by atoms with E-state index in [0.717, 1.165) is 42.9 Å². The van der Waals surface area contributed by atoms with E-state index in [9.17, 15) is 0 Å². The summed E-state index contributed by atoms with van der Waals surface area (Å²) in [5.74, 6) is 1.19. The standard InChI is InChI=1S/C11H17N5OS/c1-3-6-12-7-5-9-14-15-11(17-9)10-8(4-2)13-16-18-10/h12H,3-7H2,1-2H3. The highest BCUT2D eigenvalue weighted by Gasteiger charge is 2.15. The topological polar surface area (TPSA) is 76.7 Å². The molecule has 0 unspecified atom stereocenters. The normalized spacial score (nSPS) is 11.0. The van der Waals surface area contributed by atoms with Crippen molar-refractivity contribution in [2.75, 3.05) is 13.1 Å². The van der Waals surface area contributed by atoms with E-state index >= 15 is 0 Å². The molecule has 0 aliphatic carbocycles. The zero-order chi connectivity index (χ0) is 12.8. The van der Waals surface area contributed by atoms with Gasteiger partial charge < -0.3 is 9.73 Å². The first-order chi connectivity index (χ1) is 8.85. The van der Waals surface area contributed by atoms with Crippen LogP contribution in [0.5, 0.6) is 0 Å². The van der Waals surface area contributed by atoms with E-state index in [0.29, 0.717) is 11.8 Å². The predicted molar refractivity (Wildman–Crippen MR) is 69.4 cm³/mol. The van der Waals surface area contributed by atoms with E-state index in [1.165, 1.54) is 11.5 Å². The quantitative estimate of drug-likeness (QED) is 0.769. The second kappa shape index (κ2) is 6.55. The highest BCUT2D eigenvalue weighted by atomic mass is 32.1. The van der Waals surface area contributed by atoms with Crippen LogP contribution in [0.4, 0.5) is 0 Å². The highest BCUT2D eigenvalue weighted by Crippen LogP contribution is 2.24. The summed E-state index contributed by atoms with van der Waals surface area (Å²) in [6.45, 7) is 6.05. The van der Waals surface area contributed by atoms with Gasteiger partial charge in [-0.15, -0.1) is 15.3 Å². The summed E-state index contributed by atoms with van der Waals surface area (Å²) in [6.07, 6.45) is 2.70. The maximum Gasteiger partial charge on any atom is 0.261 e. The first kappa shape index (κ1) is 13.1. The number of hydrogen-bond donors (Lipinski definition) is 1. The summed E-state index contributed by atoms with van der Waals surface area (Å²) in [4.78, 5) is 0.887. The molecule has 0 radical (unpaired) electrons. The number of nitrogens with one attached hydrogen (secondary N) is 1. The summed E-state index contributed by atoms with van der Waals surface area (Å²) in [6, 6.07) is 0. The van der Waals surface area contributed by atoms with E-state index in [2.05, 4.69) is 32.0 Å². The van der Waals surface area contributed by atoms with Crippen LogP contribution >= 0.6 is 11.5 Å². The molecular weight excluding hydrogens is 250 g/mol. The Hall–Kier alpha value is -1.34. The molecule has 0 aliphatic heterocycles. The lowest BCUT2D eigenvalue weighted by Crippen LogP contribution is -2.17. The minimum Gasteiger partial charge on any atom is -0.420 e. The molecule has 0 amide bonds. The third-order valence-corrected chi connectivity index (χ3v) is 3.25. The molecule has 0 fully saturated rings. The van der Waals surface area contributed by atoms with Crippen molar-refractivity contribution in [2.45, 2.75) is 33.1 Å². The van der Waals surface area contributed by atoms with Crippen LogP contribution in [0.15, 0.2) is 4.42 Å². The fourth-order valence-electron chi connectivity index (χ4n) is 1.55. The van der Waals surface area contributed by atoms with Crippen molar-refractivity contribution in [1.82, 2.24) is 25.1 Å². The Bertz CT molecular complexity index is 481. The number of nitrogens with zero attached hydrogens (tertiary/aromatic N) is 4. The van der Waals surface area contributed by atoms with Gasteiger partial charge in [-0.25, -0.2) is 0 Å². The Kier molecular flexibility index (Phi) is 4.77. The smallest absolute Gasteiger partial charge is 0.261 e. The minimum atomic E-state index is 0.535. The molecule has 6 nitrogen and oxygen atoms in total. The van der Waals surface area contributed by atoms with Gasteiger partial charge in [0.25, 0.3) is 5.89 Å². The third kappa shape index (κ3) is 3.11. The molecule has 2 aromatic rings. The maximum absolute atomic E-state index is 5.62.